The molecule has 0 N–H and O–H groups in total. The highest BCUT2D eigenvalue weighted by Crippen LogP contribution is 2.35. The Morgan fingerprint density at radius 3 is 2.85 bits per heavy atom. The van der Waals surface area contributed by atoms with Crippen LogP contribution >= 0.6 is 11.3 Å². The van der Waals surface area contributed by atoms with Gasteiger partial charge in [-0.1, -0.05) is 18.6 Å². The molecule has 0 bridgehead atoms. The Balaban J connectivity index is 1.48. The first-order valence-corrected chi connectivity index (χ1v) is 12.1. The second kappa shape index (κ2) is 7.48. The molecule has 2 saturated heterocycles. The van der Waals surface area contributed by atoms with E-state index in [2.05, 4.69) is 11.0 Å². The van der Waals surface area contributed by atoms with Crippen molar-refractivity contribution < 1.29 is 13.2 Å². The fourth-order valence-corrected chi connectivity index (χ4v) is 6.97. The van der Waals surface area contributed by atoms with Gasteiger partial charge in [-0.3, -0.25) is 9.69 Å². The maximum Gasteiger partial charge on any atom is 0.236 e. The van der Waals surface area contributed by atoms with Crippen molar-refractivity contribution in [3.63, 3.8) is 0 Å². The van der Waals surface area contributed by atoms with Crippen LogP contribution in [0, 0.1) is 0 Å². The molecule has 6 nitrogen and oxygen atoms in total. The van der Waals surface area contributed by atoms with Gasteiger partial charge in [0.05, 0.1) is 34.3 Å². The molecule has 2 aliphatic heterocycles. The van der Waals surface area contributed by atoms with Crippen LogP contribution in [0.2, 0.25) is 0 Å². The molecule has 1 amide bonds. The third-order valence-corrected chi connectivity index (χ3v) is 8.59. The van der Waals surface area contributed by atoms with Crippen LogP contribution in [0.5, 0.6) is 0 Å². The molecule has 0 unspecified atom stereocenters. The lowest BCUT2D eigenvalue weighted by atomic mass is 10.0. The van der Waals surface area contributed by atoms with Gasteiger partial charge < -0.3 is 4.90 Å². The van der Waals surface area contributed by atoms with Gasteiger partial charge in [0.2, 0.25) is 5.91 Å². The first-order valence-electron chi connectivity index (χ1n) is 9.48. The largest absolute Gasteiger partial charge is 0.341 e. The topological polar surface area (TPSA) is 70.6 Å². The molecule has 1 aromatic carbocycles. The standard InChI is InChI=1S/C19H25N3O3S2/c1-21(14-9-11-27(24,25)13-14)18(23)12-22-10-5-4-7-16(22)19-20-15-6-2-3-8-17(15)26-19/h2-3,6,8,14,16H,4-5,7,9-13H2,1H3/t14-,16-/m1/s1. The zero-order chi connectivity index (χ0) is 19.0. The number of para-hydroxylation sites is 1. The van der Waals surface area contributed by atoms with Crippen molar-refractivity contribution >= 4 is 37.3 Å². The zero-order valence-corrected chi connectivity index (χ0v) is 17.1. The van der Waals surface area contributed by atoms with Crippen molar-refractivity contribution in [3.8, 4) is 0 Å². The zero-order valence-electron chi connectivity index (χ0n) is 15.5. The van der Waals surface area contributed by atoms with Crippen molar-refractivity contribution in [2.75, 3.05) is 31.6 Å². The number of carbonyl (C=O) groups is 1. The second-order valence-electron chi connectivity index (χ2n) is 7.56. The van der Waals surface area contributed by atoms with Gasteiger partial charge in [-0.25, -0.2) is 13.4 Å². The van der Waals surface area contributed by atoms with Gasteiger partial charge in [-0.15, -0.1) is 11.3 Å². The average molecular weight is 408 g/mol. The van der Waals surface area contributed by atoms with Gasteiger partial charge in [0, 0.05) is 13.1 Å². The number of likely N-dealkylation sites (N-methyl/N-ethyl adjacent to an activating group) is 1. The van der Waals surface area contributed by atoms with E-state index in [-0.39, 0.29) is 29.5 Å². The van der Waals surface area contributed by atoms with E-state index in [1.807, 2.05) is 18.2 Å². The van der Waals surface area contributed by atoms with E-state index in [9.17, 15) is 13.2 Å². The Kier molecular flexibility index (Phi) is 5.22. The molecule has 0 spiro atoms. The summed E-state index contributed by atoms with van der Waals surface area (Å²) in [4.78, 5) is 21.5. The molecule has 2 atom stereocenters. The number of rotatable bonds is 4. The minimum absolute atomic E-state index is 0.00473. The highest BCUT2D eigenvalue weighted by molar-refractivity contribution is 7.91. The lowest BCUT2D eigenvalue weighted by molar-refractivity contribution is -0.133. The fraction of sp³-hybridized carbons (Fsp3) is 0.579. The van der Waals surface area contributed by atoms with Gasteiger partial charge in [0.25, 0.3) is 0 Å². The molecule has 1 aromatic heterocycles. The van der Waals surface area contributed by atoms with E-state index in [4.69, 9.17) is 4.98 Å². The summed E-state index contributed by atoms with van der Waals surface area (Å²) in [5.74, 6) is 0.286. The van der Waals surface area contributed by atoms with E-state index in [0.29, 0.717) is 13.0 Å². The van der Waals surface area contributed by atoms with Crippen LogP contribution in [0.1, 0.15) is 36.7 Å². The quantitative estimate of drug-likeness (QED) is 0.779. The maximum atomic E-state index is 12.8. The minimum Gasteiger partial charge on any atom is -0.341 e. The van der Waals surface area contributed by atoms with Gasteiger partial charge in [0.15, 0.2) is 9.84 Å². The highest BCUT2D eigenvalue weighted by Gasteiger charge is 2.34. The van der Waals surface area contributed by atoms with Crippen molar-refractivity contribution in [2.24, 2.45) is 0 Å². The molecule has 27 heavy (non-hydrogen) atoms. The first-order chi connectivity index (χ1) is 12.9. The monoisotopic (exact) mass is 407 g/mol. The fourth-order valence-electron chi connectivity index (χ4n) is 4.06. The highest BCUT2D eigenvalue weighted by atomic mass is 32.2. The molecule has 0 saturated carbocycles. The first kappa shape index (κ1) is 18.8. The van der Waals surface area contributed by atoms with Crippen molar-refractivity contribution in [1.82, 2.24) is 14.8 Å². The molecular formula is C19H25N3O3S2. The lowest BCUT2D eigenvalue weighted by Crippen LogP contribution is -2.46. The number of nitrogens with zero attached hydrogens (tertiary/aromatic N) is 3. The van der Waals surface area contributed by atoms with Crippen LogP contribution < -0.4 is 0 Å². The number of piperidine rings is 1. The third kappa shape index (κ3) is 4.02. The van der Waals surface area contributed by atoms with E-state index >= 15 is 0 Å². The number of hydrogen-bond acceptors (Lipinski definition) is 6. The summed E-state index contributed by atoms with van der Waals surface area (Å²) in [6.07, 6.45) is 3.78. The SMILES string of the molecule is CN(C(=O)CN1CCCC[C@@H]1c1nc2ccccc2s1)[C@@H]1CCS(=O)(=O)C1. The van der Waals surface area contributed by atoms with E-state index in [1.165, 1.54) is 4.70 Å². The van der Waals surface area contributed by atoms with Crippen LogP contribution in [0.3, 0.4) is 0 Å². The summed E-state index contributed by atoms with van der Waals surface area (Å²) in [5.41, 5.74) is 1.02. The summed E-state index contributed by atoms with van der Waals surface area (Å²) in [5, 5.41) is 1.08. The van der Waals surface area contributed by atoms with Gasteiger partial charge in [-0.2, -0.15) is 0 Å². The van der Waals surface area contributed by atoms with E-state index in [1.54, 1.807) is 23.3 Å². The molecule has 0 radical (unpaired) electrons. The minimum atomic E-state index is -2.99. The second-order valence-corrected chi connectivity index (χ2v) is 10.9. The molecule has 8 heteroatoms. The predicted octanol–water partition coefficient (Wildman–Crippen LogP) is 2.47. The van der Waals surface area contributed by atoms with Gasteiger partial charge in [0.1, 0.15) is 5.01 Å². The lowest BCUT2D eigenvalue weighted by Gasteiger charge is -2.35. The number of amides is 1. The third-order valence-electron chi connectivity index (χ3n) is 5.70. The number of aromatic nitrogens is 1. The Hall–Kier alpha value is -1.51. The van der Waals surface area contributed by atoms with Gasteiger partial charge in [-0.05, 0) is 37.9 Å². The number of hydrogen-bond donors (Lipinski definition) is 0. The summed E-state index contributed by atoms with van der Waals surface area (Å²) < 4.78 is 24.6. The predicted molar refractivity (Wildman–Crippen MR) is 108 cm³/mol. The van der Waals surface area contributed by atoms with E-state index < -0.39 is 9.84 Å². The van der Waals surface area contributed by atoms with Crippen LogP contribution in [-0.4, -0.2) is 66.8 Å². The number of carbonyl (C=O) groups excluding carboxylic acids is 1. The van der Waals surface area contributed by atoms with E-state index in [0.717, 1.165) is 36.3 Å². The number of thiazole rings is 1. The number of sulfone groups is 1. The van der Waals surface area contributed by atoms with Crippen molar-refractivity contribution in [2.45, 2.75) is 37.8 Å². The van der Waals surface area contributed by atoms with Crippen molar-refractivity contribution in [1.29, 1.82) is 0 Å². The van der Waals surface area contributed by atoms with Gasteiger partial charge >= 0.3 is 0 Å². The Morgan fingerprint density at radius 1 is 1.30 bits per heavy atom. The summed E-state index contributed by atoms with van der Waals surface area (Å²) in [7, 11) is -1.25. The molecule has 2 fully saturated rings. The Morgan fingerprint density at radius 2 is 2.11 bits per heavy atom. The summed E-state index contributed by atoms with van der Waals surface area (Å²) in [6.45, 7) is 1.21. The molecule has 2 aromatic rings. The number of benzene rings is 1. The smallest absolute Gasteiger partial charge is 0.236 e. The van der Waals surface area contributed by atoms with Crippen LogP contribution in [0.25, 0.3) is 10.2 Å². The maximum absolute atomic E-state index is 12.8. The van der Waals surface area contributed by atoms with Crippen LogP contribution in [-0.2, 0) is 14.6 Å². The molecule has 3 heterocycles. The van der Waals surface area contributed by atoms with Crippen LogP contribution in [0.4, 0.5) is 0 Å². The molecule has 146 valence electrons. The Labute approximate surface area is 164 Å². The number of likely N-dealkylation sites (tertiary alicyclic amines) is 1. The average Bonchev–Trinajstić information content (AvgIpc) is 3.24. The summed E-state index contributed by atoms with van der Waals surface area (Å²) >= 11 is 1.71. The molecule has 2 aliphatic rings. The number of fused-ring (bicyclic) bond motifs is 1. The van der Waals surface area contributed by atoms with Crippen LogP contribution in [0.15, 0.2) is 24.3 Å². The van der Waals surface area contributed by atoms with Crippen molar-refractivity contribution in [3.05, 3.63) is 29.3 Å². The Bertz CT molecular complexity index is 908. The summed E-state index contributed by atoms with van der Waals surface area (Å²) in [6, 6.07) is 8.12. The molecule has 4 rings (SSSR count). The molecule has 0 aliphatic carbocycles. The normalized spacial score (nSPS) is 25.7. The molecular weight excluding hydrogens is 382 g/mol.